The molecule has 1 aliphatic rings. The molecule has 1 aromatic heterocycles. The summed E-state index contributed by atoms with van der Waals surface area (Å²) in [6.45, 7) is 0. The van der Waals surface area contributed by atoms with Crippen molar-refractivity contribution in [2.75, 3.05) is 28.3 Å². The molecule has 2 heterocycles. The van der Waals surface area contributed by atoms with Gasteiger partial charge in [0.05, 0.1) is 0 Å². The van der Waals surface area contributed by atoms with Crippen LogP contribution in [-0.4, -0.2) is 50.6 Å². The maximum Gasteiger partial charge on any atom is 0.411 e. The largest absolute Gasteiger partial charge is 0.444 e. The number of carbonyl (C=O) groups excluding carboxylic acids is 1. The van der Waals surface area contributed by atoms with E-state index in [0.717, 1.165) is 28.5 Å². The van der Waals surface area contributed by atoms with Gasteiger partial charge in [0, 0.05) is 17.2 Å². The lowest BCUT2D eigenvalue weighted by Crippen LogP contribution is -2.27. The normalized spacial score (nSPS) is 17.1. The average molecular weight is 324 g/mol. The van der Waals surface area contributed by atoms with Crippen LogP contribution in [0.15, 0.2) is 18.2 Å². The number of amides is 1. The van der Waals surface area contributed by atoms with E-state index in [1.54, 1.807) is 18.2 Å². The topological polar surface area (TPSA) is 79.9 Å². The lowest BCUT2D eigenvalue weighted by atomic mass is 10.3. The Morgan fingerprint density at radius 3 is 2.81 bits per heavy atom. The molecule has 1 aromatic carbocycles. The van der Waals surface area contributed by atoms with Crippen molar-refractivity contribution >= 4 is 46.3 Å². The van der Waals surface area contributed by atoms with Crippen LogP contribution in [0.4, 0.5) is 10.5 Å². The van der Waals surface area contributed by atoms with E-state index in [9.17, 15) is 4.79 Å². The van der Waals surface area contributed by atoms with Gasteiger partial charge in [-0.2, -0.15) is 38.9 Å². The first kappa shape index (κ1) is 14.5. The molecule has 2 aromatic rings. The number of aromatic nitrogens is 3. The molecule has 1 saturated heterocycles. The Morgan fingerprint density at radius 2 is 2.00 bits per heavy atom. The second-order valence-corrected chi connectivity index (χ2v) is 6.98. The molecular formula is C13H16N4O2S2. The highest BCUT2D eigenvalue weighted by Gasteiger charge is 2.16. The number of aromatic amines is 1. The number of nitrogens with one attached hydrogen (secondary N) is 2. The van der Waals surface area contributed by atoms with Gasteiger partial charge in [0.25, 0.3) is 0 Å². The van der Waals surface area contributed by atoms with E-state index in [-0.39, 0.29) is 6.10 Å². The van der Waals surface area contributed by atoms with Crippen LogP contribution in [0.1, 0.15) is 6.42 Å². The SMILES string of the molecule is O=C(Nc1ccc2n[nH]nc2c1)OC1CSCCCSC1. The minimum Gasteiger partial charge on any atom is -0.444 e. The van der Waals surface area contributed by atoms with Gasteiger partial charge in [-0.05, 0) is 36.1 Å². The molecule has 112 valence electrons. The highest BCUT2D eigenvalue weighted by Crippen LogP contribution is 2.19. The third kappa shape index (κ3) is 4.04. The predicted molar refractivity (Wildman–Crippen MR) is 87.0 cm³/mol. The molecule has 0 aliphatic carbocycles. The smallest absolute Gasteiger partial charge is 0.411 e. The second-order valence-electron chi connectivity index (χ2n) is 4.68. The number of fused-ring (bicyclic) bond motifs is 1. The van der Waals surface area contributed by atoms with Crippen molar-refractivity contribution < 1.29 is 9.53 Å². The van der Waals surface area contributed by atoms with Crippen molar-refractivity contribution in [3.05, 3.63) is 18.2 Å². The van der Waals surface area contributed by atoms with Gasteiger partial charge in [-0.3, -0.25) is 5.32 Å². The molecule has 0 bridgehead atoms. The maximum atomic E-state index is 12.0. The lowest BCUT2D eigenvalue weighted by molar-refractivity contribution is 0.134. The minimum absolute atomic E-state index is 0.0314. The zero-order valence-electron chi connectivity index (χ0n) is 11.4. The molecule has 1 amide bonds. The van der Waals surface area contributed by atoms with Gasteiger partial charge in [0.15, 0.2) is 0 Å². The van der Waals surface area contributed by atoms with Gasteiger partial charge in [-0.15, -0.1) is 0 Å². The maximum absolute atomic E-state index is 12.0. The molecule has 6 nitrogen and oxygen atoms in total. The van der Waals surface area contributed by atoms with Gasteiger partial charge in [0.1, 0.15) is 17.1 Å². The molecule has 21 heavy (non-hydrogen) atoms. The summed E-state index contributed by atoms with van der Waals surface area (Å²) in [5.41, 5.74) is 2.14. The third-order valence-electron chi connectivity index (χ3n) is 3.02. The first-order valence-electron chi connectivity index (χ1n) is 6.75. The van der Waals surface area contributed by atoms with Crippen molar-refractivity contribution in [2.45, 2.75) is 12.5 Å². The quantitative estimate of drug-likeness (QED) is 0.884. The zero-order valence-corrected chi connectivity index (χ0v) is 13.0. The predicted octanol–water partition coefficient (Wildman–Crippen LogP) is 2.75. The summed E-state index contributed by atoms with van der Waals surface area (Å²) in [5.74, 6) is 4.00. The summed E-state index contributed by atoms with van der Waals surface area (Å²) < 4.78 is 5.49. The fourth-order valence-electron chi connectivity index (χ4n) is 2.03. The summed E-state index contributed by atoms with van der Waals surface area (Å²) in [6, 6.07) is 5.35. The minimum atomic E-state index is -0.412. The molecule has 1 aliphatic heterocycles. The molecule has 0 radical (unpaired) electrons. The zero-order chi connectivity index (χ0) is 14.5. The van der Waals surface area contributed by atoms with Gasteiger partial charge in [0.2, 0.25) is 0 Å². The standard InChI is InChI=1S/C13H16N4O2S2/c18-13(19-10-7-20-4-1-5-21-8-10)14-9-2-3-11-12(6-9)16-17-15-11/h2-3,6,10H,1,4-5,7-8H2,(H,14,18)(H,15,16,17). The number of hydrogen-bond acceptors (Lipinski definition) is 6. The molecule has 0 saturated carbocycles. The molecule has 3 rings (SSSR count). The van der Waals surface area contributed by atoms with E-state index < -0.39 is 6.09 Å². The van der Waals surface area contributed by atoms with Crippen LogP contribution in [-0.2, 0) is 4.74 Å². The number of thioether (sulfide) groups is 2. The van der Waals surface area contributed by atoms with Crippen LogP contribution in [0.25, 0.3) is 11.0 Å². The number of rotatable bonds is 2. The number of anilines is 1. The van der Waals surface area contributed by atoms with E-state index in [1.807, 2.05) is 23.5 Å². The van der Waals surface area contributed by atoms with Gasteiger partial charge in [-0.1, -0.05) is 0 Å². The van der Waals surface area contributed by atoms with Crippen molar-refractivity contribution in [1.82, 2.24) is 15.4 Å². The molecule has 2 N–H and O–H groups in total. The summed E-state index contributed by atoms with van der Waals surface area (Å²) in [7, 11) is 0. The fraction of sp³-hybridized carbons (Fsp3) is 0.462. The molecule has 0 atom stereocenters. The summed E-state index contributed by atoms with van der Waals surface area (Å²) in [5, 5.41) is 13.2. The van der Waals surface area contributed by atoms with Crippen molar-refractivity contribution in [3.63, 3.8) is 0 Å². The Morgan fingerprint density at radius 1 is 1.24 bits per heavy atom. The number of hydrogen-bond donors (Lipinski definition) is 2. The highest BCUT2D eigenvalue weighted by molar-refractivity contribution is 8.00. The number of H-pyrrole nitrogens is 1. The number of nitrogens with zero attached hydrogens (tertiary/aromatic N) is 2. The fourth-order valence-corrected chi connectivity index (χ4v) is 4.29. The molecular weight excluding hydrogens is 308 g/mol. The van der Waals surface area contributed by atoms with Crippen LogP contribution in [0.2, 0.25) is 0 Å². The highest BCUT2D eigenvalue weighted by atomic mass is 32.2. The monoisotopic (exact) mass is 324 g/mol. The molecule has 1 fully saturated rings. The van der Waals surface area contributed by atoms with Crippen molar-refractivity contribution in [3.8, 4) is 0 Å². The number of carbonyl (C=O) groups is 1. The van der Waals surface area contributed by atoms with Crippen LogP contribution >= 0.6 is 23.5 Å². The average Bonchev–Trinajstić information content (AvgIpc) is 2.89. The Bertz CT molecular complexity index is 611. The Kier molecular flexibility index (Phi) is 4.87. The van der Waals surface area contributed by atoms with Crippen LogP contribution in [0, 0.1) is 0 Å². The third-order valence-corrected chi connectivity index (χ3v) is 5.39. The van der Waals surface area contributed by atoms with Gasteiger partial charge >= 0.3 is 6.09 Å². The molecule has 8 heteroatoms. The van der Waals surface area contributed by atoms with Crippen molar-refractivity contribution in [1.29, 1.82) is 0 Å². The first-order chi connectivity index (χ1) is 10.3. The van der Waals surface area contributed by atoms with Gasteiger partial charge < -0.3 is 4.74 Å². The van der Waals surface area contributed by atoms with Gasteiger partial charge in [-0.25, -0.2) is 4.79 Å². The van der Waals surface area contributed by atoms with E-state index >= 15 is 0 Å². The first-order valence-corrected chi connectivity index (χ1v) is 9.06. The van der Waals surface area contributed by atoms with Crippen LogP contribution in [0.5, 0.6) is 0 Å². The Hall–Kier alpha value is -1.41. The number of benzene rings is 1. The van der Waals surface area contributed by atoms with E-state index in [1.165, 1.54) is 6.42 Å². The lowest BCUT2D eigenvalue weighted by Gasteiger charge is -2.19. The van der Waals surface area contributed by atoms with Crippen LogP contribution in [0.3, 0.4) is 0 Å². The Balaban J connectivity index is 1.57. The summed E-state index contributed by atoms with van der Waals surface area (Å²) in [6.07, 6.45) is 0.784. The number of ether oxygens (including phenoxy) is 1. The summed E-state index contributed by atoms with van der Waals surface area (Å²) >= 11 is 3.70. The Labute approximate surface area is 130 Å². The van der Waals surface area contributed by atoms with E-state index in [4.69, 9.17) is 4.74 Å². The molecule has 0 spiro atoms. The second kappa shape index (κ2) is 7.04. The van der Waals surface area contributed by atoms with E-state index in [0.29, 0.717) is 11.2 Å². The van der Waals surface area contributed by atoms with E-state index in [2.05, 4.69) is 20.7 Å². The molecule has 0 unspecified atom stereocenters. The summed E-state index contributed by atoms with van der Waals surface area (Å²) in [4.78, 5) is 12.0. The van der Waals surface area contributed by atoms with Crippen molar-refractivity contribution in [2.24, 2.45) is 0 Å². The van der Waals surface area contributed by atoms with Crippen LogP contribution < -0.4 is 5.32 Å².